The number of rotatable bonds is 4. The summed E-state index contributed by atoms with van der Waals surface area (Å²) in [6, 6.07) is 8.05. The van der Waals surface area contributed by atoms with Gasteiger partial charge < -0.3 is 4.74 Å². The zero-order valence-corrected chi connectivity index (χ0v) is 10.8. The summed E-state index contributed by atoms with van der Waals surface area (Å²) in [5.74, 6) is 0.859. The van der Waals surface area contributed by atoms with Crippen LogP contribution >= 0.6 is 0 Å². The molecule has 1 aliphatic carbocycles. The molecule has 3 nitrogen and oxygen atoms in total. The maximum atomic E-state index is 8.89. The first-order chi connectivity index (χ1) is 8.60. The third-order valence-corrected chi connectivity index (χ3v) is 3.52. The van der Waals surface area contributed by atoms with E-state index in [1.807, 2.05) is 26.0 Å². The summed E-state index contributed by atoms with van der Waals surface area (Å²) < 4.78 is 5.89. The molecule has 1 aliphatic rings. The molecular weight excluding hydrogens is 224 g/mol. The van der Waals surface area contributed by atoms with Crippen LogP contribution in [0.5, 0.6) is 5.75 Å². The van der Waals surface area contributed by atoms with Crippen LogP contribution in [-0.4, -0.2) is 6.61 Å². The number of benzene rings is 1. The largest absolute Gasteiger partial charge is 0.492 e. The van der Waals surface area contributed by atoms with Gasteiger partial charge in [0.25, 0.3) is 0 Å². The molecule has 0 saturated heterocycles. The molecule has 18 heavy (non-hydrogen) atoms. The second kappa shape index (κ2) is 4.70. The molecule has 2 rings (SSSR count). The van der Waals surface area contributed by atoms with Gasteiger partial charge in [-0.3, -0.25) is 0 Å². The summed E-state index contributed by atoms with van der Waals surface area (Å²) >= 11 is 0. The maximum absolute atomic E-state index is 8.89. The van der Waals surface area contributed by atoms with E-state index in [1.54, 1.807) is 0 Å². The highest BCUT2D eigenvalue weighted by atomic mass is 16.5. The van der Waals surface area contributed by atoms with E-state index in [0.29, 0.717) is 18.6 Å². The van der Waals surface area contributed by atoms with Gasteiger partial charge in [-0.1, -0.05) is 0 Å². The third kappa shape index (κ3) is 2.46. The molecule has 0 aromatic heterocycles. The monoisotopic (exact) mass is 240 g/mol. The topological polar surface area (TPSA) is 56.8 Å². The fourth-order valence-corrected chi connectivity index (χ4v) is 2.18. The average Bonchev–Trinajstić information content (AvgIpc) is 3.08. The molecule has 0 spiro atoms. The summed E-state index contributed by atoms with van der Waals surface area (Å²) in [6.07, 6.45) is 2.73. The van der Waals surface area contributed by atoms with Crippen LogP contribution in [0.15, 0.2) is 12.1 Å². The fraction of sp³-hybridized carbons (Fsp3) is 0.467. The first-order valence-electron chi connectivity index (χ1n) is 6.11. The average molecular weight is 240 g/mol. The lowest BCUT2D eigenvalue weighted by molar-refractivity contribution is 0.234. The molecule has 1 saturated carbocycles. The van der Waals surface area contributed by atoms with Crippen LogP contribution in [0.1, 0.15) is 36.0 Å². The number of hydrogen-bond acceptors (Lipinski definition) is 3. The van der Waals surface area contributed by atoms with Crippen molar-refractivity contribution in [2.75, 3.05) is 6.61 Å². The van der Waals surface area contributed by atoms with Crippen molar-refractivity contribution in [1.29, 1.82) is 10.5 Å². The predicted molar refractivity (Wildman–Crippen MR) is 68.0 cm³/mol. The van der Waals surface area contributed by atoms with E-state index in [-0.39, 0.29) is 5.41 Å². The molecule has 0 bridgehead atoms. The summed E-state index contributed by atoms with van der Waals surface area (Å²) in [6.45, 7) is 4.51. The van der Waals surface area contributed by atoms with Crippen molar-refractivity contribution in [2.45, 2.75) is 33.1 Å². The van der Waals surface area contributed by atoms with Gasteiger partial charge in [-0.2, -0.15) is 10.5 Å². The highest BCUT2D eigenvalue weighted by molar-refractivity contribution is 5.47. The molecule has 0 atom stereocenters. The lowest BCUT2D eigenvalue weighted by Gasteiger charge is -2.16. The Balaban J connectivity index is 2.11. The van der Waals surface area contributed by atoms with Crippen molar-refractivity contribution in [2.24, 2.45) is 5.41 Å². The molecule has 1 aromatic carbocycles. The lowest BCUT2D eigenvalue weighted by Crippen LogP contribution is -2.13. The Kier molecular flexibility index (Phi) is 3.26. The minimum absolute atomic E-state index is 0.0849. The van der Waals surface area contributed by atoms with Gasteiger partial charge in [-0.25, -0.2) is 0 Å². The van der Waals surface area contributed by atoms with E-state index in [1.165, 1.54) is 0 Å². The van der Waals surface area contributed by atoms with Gasteiger partial charge in [0.05, 0.1) is 24.3 Å². The number of aryl methyl sites for hydroxylation is 2. The number of nitriles is 2. The molecular formula is C15H16N2O. The molecule has 3 heteroatoms. The van der Waals surface area contributed by atoms with Crippen LogP contribution in [0, 0.1) is 41.9 Å². The molecule has 0 radical (unpaired) electrons. The van der Waals surface area contributed by atoms with Crippen LogP contribution in [0.3, 0.4) is 0 Å². The first-order valence-corrected chi connectivity index (χ1v) is 6.11. The van der Waals surface area contributed by atoms with E-state index in [0.717, 1.165) is 29.7 Å². The highest BCUT2D eigenvalue weighted by Gasteiger charge is 2.43. The van der Waals surface area contributed by atoms with Crippen LogP contribution in [-0.2, 0) is 0 Å². The molecule has 1 fully saturated rings. The van der Waals surface area contributed by atoms with Crippen LogP contribution in [0.25, 0.3) is 0 Å². The van der Waals surface area contributed by atoms with Gasteiger partial charge in [0.1, 0.15) is 5.75 Å². The second-order valence-electron chi connectivity index (χ2n) is 5.17. The van der Waals surface area contributed by atoms with E-state index < -0.39 is 0 Å². The lowest BCUT2D eigenvalue weighted by atomic mass is 10.0. The molecule has 92 valence electrons. The van der Waals surface area contributed by atoms with Crippen LogP contribution in [0.4, 0.5) is 0 Å². The van der Waals surface area contributed by atoms with Gasteiger partial charge in [0, 0.05) is 11.8 Å². The second-order valence-corrected chi connectivity index (χ2v) is 5.17. The van der Waals surface area contributed by atoms with E-state index in [9.17, 15) is 0 Å². The van der Waals surface area contributed by atoms with Crippen molar-refractivity contribution in [1.82, 2.24) is 0 Å². The highest BCUT2D eigenvalue weighted by Crippen LogP contribution is 2.49. The quantitative estimate of drug-likeness (QED) is 0.811. The minimum Gasteiger partial charge on any atom is -0.492 e. The van der Waals surface area contributed by atoms with Gasteiger partial charge >= 0.3 is 0 Å². The van der Waals surface area contributed by atoms with E-state index in [2.05, 4.69) is 12.1 Å². The van der Waals surface area contributed by atoms with Crippen LogP contribution < -0.4 is 4.74 Å². The summed E-state index contributed by atoms with van der Waals surface area (Å²) in [7, 11) is 0. The van der Waals surface area contributed by atoms with Crippen molar-refractivity contribution in [3.63, 3.8) is 0 Å². The maximum Gasteiger partial charge on any atom is 0.125 e. The Morgan fingerprint density at radius 3 is 2.28 bits per heavy atom. The molecule has 0 N–H and O–H groups in total. The van der Waals surface area contributed by atoms with Crippen molar-refractivity contribution < 1.29 is 4.74 Å². The first kappa shape index (κ1) is 12.5. The summed E-state index contributed by atoms with van der Waals surface area (Å²) in [4.78, 5) is 0. The number of ether oxygens (including phenoxy) is 1. The standard InChI is InChI=1S/C15H16N2O/c1-11-7-13(9-17)8-12(2)14(11)18-10-15(3-4-15)5-6-16/h7-8H,3-5,10H2,1-2H3. The van der Waals surface area contributed by atoms with Crippen molar-refractivity contribution >= 4 is 0 Å². The van der Waals surface area contributed by atoms with Gasteiger partial charge in [-0.15, -0.1) is 0 Å². The van der Waals surface area contributed by atoms with Crippen molar-refractivity contribution in [3.05, 3.63) is 28.8 Å². The zero-order chi connectivity index (χ0) is 13.2. The summed E-state index contributed by atoms with van der Waals surface area (Å²) in [5, 5.41) is 17.7. The molecule has 0 aliphatic heterocycles. The van der Waals surface area contributed by atoms with Gasteiger partial charge in [0.2, 0.25) is 0 Å². The molecule has 0 unspecified atom stereocenters. The number of nitrogens with zero attached hydrogens (tertiary/aromatic N) is 2. The SMILES string of the molecule is Cc1cc(C#N)cc(C)c1OCC1(CC#N)CC1. The molecule has 0 amide bonds. The van der Waals surface area contributed by atoms with Crippen LogP contribution in [0.2, 0.25) is 0 Å². The fourth-order valence-electron chi connectivity index (χ4n) is 2.18. The Morgan fingerprint density at radius 1 is 1.22 bits per heavy atom. The smallest absolute Gasteiger partial charge is 0.125 e. The van der Waals surface area contributed by atoms with Crippen molar-refractivity contribution in [3.8, 4) is 17.9 Å². The van der Waals surface area contributed by atoms with E-state index >= 15 is 0 Å². The Hall–Kier alpha value is -2.00. The van der Waals surface area contributed by atoms with Gasteiger partial charge in [0.15, 0.2) is 0 Å². The Labute approximate surface area is 108 Å². The third-order valence-electron chi connectivity index (χ3n) is 3.52. The molecule has 0 heterocycles. The predicted octanol–water partition coefficient (Wildman–Crippen LogP) is 3.25. The number of hydrogen-bond donors (Lipinski definition) is 0. The molecule has 1 aromatic rings. The zero-order valence-electron chi connectivity index (χ0n) is 10.8. The van der Waals surface area contributed by atoms with Gasteiger partial charge in [-0.05, 0) is 49.9 Å². The summed E-state index contributed by atoms with van der Waals surface area (Å²) in [5.41, 5.74) is 2.72. The minimum atomic E-state index is 0.0849. The Bertz CT molecular complexity index is 522. The normalized spacial score (nSPS) is 15.6. The Morgan fingerprint density at radius 2 is 1.83 bits per heavy atom. The van der Waals surface area contributed by atoms with E-state index in [4.69, 9.17) is 15.3 Å².